The minimum absolute atomic E-state index is 0.0972. The highest BCUT2D eigenvalue weighted by Crippen LogP contribution is 2.45. The van der Waals surface area contributed by atoms with E-state index in [4.69, 9.17) is 16.5 Å². The first-order valence-electron chi connectivity index (χ1n) is 16.6. The van der Waals surface area contributed by atoms with Gasteiger partial charge in [0.05, 0.1) is 5.56 Å². The maximum atomic E-state index is 14.1. The smallest absolute Gasteiger partial charge is 0.240 e. The normalized spacial score (nSPS) is 17.1. The Balaban J connectivity index is 0.000000470. The molecular weight excluding hydrogens is 618 g/mol. The molecule has 9 heteroatoms. The Labute approximate surface area is 290 Å². The van der Waals surface area contributed by atoms with Crippen molar-refractivity contribution in [2.75, 3.05) is 18.1 Å². The lowest BCUT2D eigenvalue weighted by molar-refractivity contribution is -0.119. The number of aromatic nitrogens is 2. The number of carbonyl (C=O) groups excluding carboxylic acids is 1. The summed E-state index contributed by atoms with van der Waals surface area (Å²) in [6.45, 7) is 10.3. The van der Waals surface area contributed by atoms with Crippen molar-refractivity contribution in [3.8, 4) is 12.8 Å². The third-order valence-corrected chi connectivity index (χ3v) is 8.47. The SMILES string of the molecule is C#C.CC.CC1CCCC=C(c2nc(N)c3c(n2)NC(=O)C3(C)c2cccc(CN)c2)c2ccc(F)cc21.CCc1ccccc1F.CN. The van der Waals surface area contributed by atoms with Crippen molar-refractivity contribution < 1.29 is 13.6 Å². The van der Waals surface area contributed by atoms with Crippen LogP contribution in [0, 0.1) is 24.5 Å². The summed E-state index contributed by atoms with van der Waals surface area (Å²) in [5.74, 6) is 0.726. The molecule has 1 aromatic heterocycles. The summed E-state index contributed by atoms with van der Waals surface area (Å²) in [5, 5.41) is 2.93. The molecule has 2 aliphatic rings. The second kappa shape index (κ2) is 19.2. The maximum absolute atomic E-state index is 14.1. The number of benzene rings is 3. The van der Waals surface area contributed by atoms with E-state index in [2.05, 4.69) is 41.9 Å². The minimum Gasteiger partial charge on any atom is -0.383 e. The van der Waals surface area contributed by atoms with Crippen molar-refractivity contribution in [1.82, 2.24) is 9.97 Å². The van der Waals surface area contributed by atoms with Gasteiger partial charge in [-0.05, 0) is 91.6 Å². The van der Waals surface area contributed by atoms with Gasteiger partial charge in [0.25, 0.3) is 0 Å². The monoisotopic (exact) mass is 668 g/mol. The van der Waals surface area contributed by atoms with E-state index < -0.39 is 5.41 Å². The number of hydrogen-bond donors (Lipinski definition) is 4. The molecular formula is C40H50F2N6O. The van der Waals surface area contributed by atoms with Crippen LogP contribution >= 0.6 is 0 Å². The van der Waals surface area contributed by atoms with Crippen LogP contribution in [0.15, 0.2) is 72.8 Å². The number of amides is 1. The Kier molecular flexibility index (Phi) is 15.8. The highest BCUT2D eigenvalue weighted by atomic mass is 19.1. The lowest BCUT2D eigenvalue weighted by Crippen LogP contribution is -2.33. The molecule has 49 heavy (non-hydrogen) atoms. The number of rotatable bonds is 4. The topological polar surface area (TPSA) is 133 Å². The zero-order chi connectivity index (χ0) is 36.7. The molecule has 6 rings (SSSR count). The van der Waals surface area contributed by atoms with Gasteiger partial charge in [0, 0.05) is 12.1 Å². The van der Waals surface area contributed by atoms with Crippen molar-refractivity contribution in [3.63, 3.8) is 0 Å². The van der Waals surface area contributed by atoms with Crippen LogP contribution in [0.4, 0.5) is 20.4 Å². The summed E-state index contributed by atoms with van der Waals surface area (Å²) in [7, 11) is 1.50. The van der Waals surface area contributed by atoms with Crippen LogP contribution in [0.3, 0.4) is 0 Å². The molecule has 0 fully saturated rings. The van der Waals surface area contributed by atoms with E-state index in [-0.39, 0.29) is 29.3 Å². The summed E-state index contributed by atoms with van der Waals surface area (Å²) in [6.07, 6.45) is 13.7. The number of hydrogen-bond acceptors (Lipinski definition) is 6. The molecule has 2 atom stereocenters. The Morgan fingerprint density at radius 1 is 1.00 bits per heavy atom. The highest BCUT2D eigenvalue weighted by molar-refractivity contribution is 6.09. The number of aryl methyl sites for hydroxylation is 1. The predicted molar refractivity (Wildman–Crippen MR) is 199 cm³/mol. The average Bonchev–Trinajstić information content (AvgIpc) is 3.40. The molecule has 7 N–H and O–H groups in total. The molecule has 0 saturated carbocycles. The van der Waals surface area contributed by atoms with Gasteiger partial charge in [-0.2, -0.15) is 0 Å². The lowest BCUT2D eigenvalue weighted by atomic mass is 9.77. The largest absolute Gasteiger partial charge is 0.383 e. The number of nitrogens with two attached hydrogens (primary N) is 3. The number of fused-ring (bicyclic) bond motifs is 2. The van der Waals surface area contributed by atoms with Crippen LogP contribution in [0.5, 0.6) is 0 Å². The van der Waals surface area contributed by atoms with Crippen LogP contribution in [-0.2, 0) is 23.2 Å². The van der Waals surface area contributed by atoms with Crippen LogP contribution in [0.2, 0.25) is 0 Å². The average molecular weight is 669 g/mol. The number of anilines is 2. The number of terminal acetylenes is 1. The standard InChI is InChI=1S/C27H28FN5O.C8H9F.C2H6.C2H2.CH5N/c1-15-6-3-4-9-20(19-11-10-18(28)13-21(15)19)24-31-23(30)22-25(32-24)33-26(34)27(22,2)17-8-5-7-16(12-17)14-29;1-2-7-5-3-4-6-8(7)9;3*1-2/h5,7-13,15H,3-4,6,14,29H2,1-2H3,(H3,30,31,32,33,34);3-6H,2H2,1H3;1-2H3;1-2H;2H2,1H3. The van der Waals surface area contributed by atoms with Crippen molar-refractivity contribution >= 4 is 23.1 Å². The van der Waals surface area contributed by atoms with E-state index in [1.165, 1.54) is 19.2 Å². The van der Waals surface area contributed by atoms with Crippen LogP contribution in [0.25, 0.3) is 5.57 Å². The molecule has 260 valence electrons. The van der Waals surface area contributed by atoms with Gasteiger partial charge in [-0.3, -0.25) is 4.79 Å². The fraction of sp³-hybridized carbons (Fsp3) is 0.325. The molecule has 0 spiro atoms. The Morgan fingerprint density at radius 2 is 1.69 bits per heavy atom. The molecule has 3 aromatic carbocycles. The molecule has 4 aromatic rings. The quantitative estimate of drug-likeness (QED) is 0.164. The molecule has 2 heterocycles. The first-order valence-corrected chi connectivity index (χ1v) is 16.6. The number of halogens is 2. The van der Waals surface area contributed by atoms with E-state index >= 15 is 0 Å². The summed E-state index contributed by atoms with van der Waals surface area (Å²) in [5.41, 5.74) is 21.5. The summed E-state index contributed by atoms with van der Waals surface area (Å²) < 4.78 is 26.7. The molecule has 1 amide bonds. The first kappa shape index (κ1) is 40.3. The van der Waals surface area contributed by atoms with Gasteiger partial charge in [0.2, 0.25) is 5.91 Å². The summed E-state index contributed by atoms with van der Waals surface area (Å²) in [6, 6.07) is 19.3. The number of carbonyl (C=O) groups is 1. The Hall–Kier alpha value is -4.91. The van der Waals surface area contributed by atoms with Gasteiger partial charge in [-0.25, -0.2) is 18.7 Å². The van der Waals surface area contributed by atoms with Gasteiger partial charge in [-0.1, -0.05) is 82.3 Å². The molecule has 0 radical (unpaired) electrons. The second-order valence-electron chi connectivity index (χ2n) is 11.3. The van der Waals surface area contributed by atoms with E-state index in [1.807, 2.05) is 58.0 Å². The minimum atomic E-state index is -1.03. The van der Waals surface area contributed by atoms with Gasteiger partial charge in [-0.15, -0.1) is 12.8 Å². The molecule has 7 nitrogen and oxygen atoms in total. The summed E-state index contributed by atoms with van der Waals surface area (Å²) >= 11 is 0. The number of nitrogen functional groups attached to an aromatic ring is 1. The first-order chi connectivity index (χ1) is 23.7. The van der Waals surface area contributed by atoms with Crippen molar-refractivity contribution in [2.45, 2.75) is 78.2 Å². The van der Waals surface area contributed by atoms with E-state index in [0.29, 0.717) is 23.8 Å². The van der Waals surface area contributed by atoms with E-state index in [9.17, 15) is 13.6 Å². The Bertz CT molecular complexity index is 1750. The number of allylic oxidation sites excluding steroid dienone is 1. The lowest BCUT2D eigenvalue weighted by Gasteiger charge is -2.24. The van der Waals surface area contributed by atoms with Gasteiger partial charge >= 0.3 is 0 Å². The molecule has 2 unspecified atom stereocenters. The Morgan fingerprint density at radius 3 is 2.33 bits per heavy atom. The van der Waals surface area contributed by atoms with Crippen molar-refractivity contribution in [2.24, 2.45) is 11.5 Å². The zero-order valence-corrected chi connectivity index (χ0v) is 29.5. The van der Waals surface area contributed by atoms with E-state index in [0.717, 1.165) is 59.1 Å². The molecule has 1 aliphatic carbocycles. The number of nitrogens with one attached hydrogen (secondary N) is 1. The third kappa shape index (κ3) is 8.96. The zero-order valence-electron chi connectivity index (χ0n) is 29.5. The molecule has 1 aliphatic heterocycles. The fourth-order valence-corrected chi connectivity index (χ4v) is 5.93. The van der Waals surface area contributed by atoms with Crippen molar-refractivity contribution in [3.05, 3.63) is 124 Å². The van der Waals surface area contributed by atoms with Crippen molar-refractivity contribution in [1.29, 1.82) is 0 Å². The second-order valence-corrected chi connectivity index (χ2v) is 11.3. The van der Waals surface area contributed by atoms with Crippen LogP contribution in [0.1, 0.15) is 99.0 Å². The summed E-state index contributed by atoms with van der Waals surface area (Å²) in [4.78, 5) is 22.7. The van der Waals surface area contributed by atoms with Gasteiger partial charge in [0.1, 0.15) is 28.7 Å². The van der Waals surface area contributed by atoms with E-state index in [1.54, 1.807) is 24.3 Å². The van der Waals surface area contributed by atoms with Gasteiger partial charge in [0.15, 0.2) is 5.82 Å². The number of nitrogens with zero attached hydrogens (tertiary/aromatic N) is 2. The maximum Gasteiger partial charge on any atom is 0.240 e. The molecule has 0 saturated heterocycles. The van der Waals surface area contributed by atoms with Crippen LogP contribution in [-0.4, -0.2) is 22.9 Å². The highest BCUT2D eigenvalue weighted by Gasteiger charge is 2.47. The fourth-order valence-electron chi connectivity index (χ4n) is 5.93. The predicted octanol–water partition coefficient (Wildman–Crippen LogP) is 7.87. The molecule has 0 bridgehead atoms. The van der Waals surface area contributed by atoms with Gasteiger partial charge < -0.3 is 22.5 Å². The third-order valence-electron chi connectivity index (χ3n) is 8.47. The van der Waals surface area contributed by atoms with Crippen LogP contribution < -0.4 is 22.5 Å².